The van der Waals surface area contributed by atoms with E-state index in [1.165, 1.54) is 0 Å². The Morgan fingerprint density at radius 1 is 1.25 bits per heavy atom. The van der Waals surface area contributed by atoms with Crippen LogP contribution in [0.5, 0.6) is 11.5 Å². The standard InChI is InChI=1S/C23H26FN3O/c1-4-18-13-19(14-25-18)26-15(2)16-5-8-23(21(24)12-16)28-20-6-7-22-17(11-20)9-10-27(22)3/h5-12,14-15,18,25-26H,4,13H2,1-3H3. The van der Waals surface area contributed by atoms with Crippen molar-refractivity contribution in [2.24, 2.45) is 7.05 Å². The molecule has 0 radical (unpaired) electrons. The third-order valence-electron chi connectivity index (χ3n) is 5.39. The lowest BCUT2D eigenvalue weighted by molar-refractivity contribution is 0.441. The first-order valence-corrected chi connectivity index (χ1v) is 9.77. The molecule has 4 rings (SSSR count). The van der Waals surface area contributed by atoms with Gasteiger partial charge in [-0.2, -0.15) is 0 Å². The van der Waals surface area contributed by atoms with Gasteiger partial charge >= 0.3 is 0 Å². The van der Waals surface area contributed by atoms with Crippen molar-refractivity contribution in [2.75, 3.05) is 0 Å². The Bertz CT molecular complexity index is 1020. The topological polar surface area (TPSA) is 38.2 Å². The van der Waals surface area contributed by atoms with Crippen molar-refractivity contribution >= 4 is 10.9 Å². The van der Waals surface area contributed by atoms with Crippen molar-refractivity contribution in [1.29, 1.82) is 0 Å². The van der Waals surface area contributed by atoms with Crippen molar-refractivity contribution in [2.45, 2.75) is 38.8 Å². The number of benzene rings is 2. The lowest BCUT2D eigenvalue weighted by Crippen LogP contribution is -2.20. The number of ether oxygens (including phenoxy) is 1. The number of nitrogens with one attached hydrogen (secondary N) is 2. The summed E-state index contributed by atoms with van der Waals surface area (Å²) in [5.41, 5.74) is 3.17. The molecule has 0 saturated carbocycles. The molecule has 0 saturated heterocycles. The van der Waals surface area contributed by atoms with Gasteiger partial charge in [0.15, 0.2) is 11.6 Å². The molecule has 4 nitrogen and oxygen atoms in total. The summed E-state index contributed by atoms with van der Waals surface area (Å²) in [6.45, 7) is 4.21. The van der Waals surface area contributed by atoms with Crippen LogP contribution in [0.25, 0.3) is 10.9 Å². The van der Waals surface area contributed by atoms with Crippen molar-refractivity contribution < 1.29 is 9.13 Å². The van der Waals surface area contributed by atoms with Crippen LogP contribution >= 0.6 is 0 Å². The Labute approximate surface area is 165 Å². The van der Waals surface area contributed by atoms with Gasteiger partial charge in [0, 0.05) is 54.5 Å². The normalized spacial score (nSPS) is 17.3. The van der Waals surface area contributed by atoms with E-state index in [1.807, 2.05) is 61.3 Å². The number of halogens is 1. The average molecular weight is 379 g/mol. The summed E-state index contributed by atoms with van der Waals surface area (Å²) < 4.78 is 22.5. The summed E-state index contributed by atoms with van der Waals surface area (Å²) in [5.74, 6) is 0.507. The van der Waals surface area contributed by atoms with E-state index in [0.29, 0.717) is 11.8 Å². The molecule has 0 aliphatic carbocycles. The van der Waals surface area contributed by atoms with Crippen molar-refractivity contribution in [3.05, 3.63) is 71.9 Å². The third kappa shape index (κ3) is 3.70. The second-order valence-electron chi connectivity index (χ2n) is 7.45. The zero-order chi connectivity index (χ0) is 19.7. The van der Waals surface area contributed by atoms with Crippen molar-refractivity contribution in [1.82, 2.24) is 15.2 Å². The fraction of sp³-hybridized carbons (Fsp3) is 0.304. The number of hydrogen-bond donors (Lipinski definition) is 2. The minimum Gasteiger partial charge on any atom is -0.454 e. The second-order valence-corrected chi connectivity index (χ2v) is 7.45. The fourth-order valence-corrected chi connectivity index (χ4v) is 3.65. The van der Waals surface area contributed by atoms with Crippen LogP contribution in [0.4, 0.5) is 4.39 Å². The minimum atomic E-state index is -0.357. The van der Waals surface area contributed by atoms with E-state index >= 15 is 0 Å². The van der Waals surface area contributed by atoms with Gasteiger partial charge in [-0.1, -0.05) is 13.0 Å². The number of nitrogens with zero attached hydrogens (tertiary/aromatic N) is 1. The number of rotatable bonds is 6. The first-order valence-electron chi connectivity index (χ1n) is 9.77. The van der Waals surface area contributed by atoms with Crippen LogP contribution in [-0.2, 0) is 7.05 Å². The van der Waals surface area contributed by atoms with Gasteiger partial charge in [0.2, 0.25) is 0 Å². The van der Waals surface area contributed by atoms with Crippen molar-refractivity contribution in [3.63, 3.8) is 0 Å². The predicted octanol–water partition coefficient (Wildman–Crippen LogP) is 5.37. The molecule has 5 heteroatoms. The van der Waals surface area contributed by atoms with Crippen LogP contribution in [0.3, 0.4) is 0 Å². The van der Waals surface area contributed by atoms with E-state index < -0.39 is 0 Å². The molecule has 0 spiro atoms. The fourth-order valence-electron chi connectivity index (χ4n) is 3.65. The molecule has 0 bridgehead atoms. The van der Waals surface area contributed by atoms with Crippen LogP contribution in [0.15, 0.2) is 60.6 Å². The van der Waals surface area contributed by atoms with Gasteiger partial charge in [0.05, 0.1) is 0 Å². The predicted molar refractivity (Wildman–Crippen MR) is 111 cm³/mol. The lowest BCUT2D eigenvalue weighted by Gasteiger charge is -2.17. The molecule has 2 N–H and O–H groups in total. The molecular formula is C23H26FN3O. The van der Waals surface area contributed by atoms with Crippen molar-refractivity contribution in [3.8, 4) is 11.5 Å². The maximum Gasteiger partial charge on any atom is 0.166 e. The lowest BCUT2D eigenvalue weighted by atomic mass is 10.1. The van der Waals surface area contributed by atoms with Gasteiger partial charge in [-0.25, -0.2) is 4.39 Å². The Morgan fingerprint density at radius 2 is 2.11 bits per heavy atom. The zero-order valence-electron chi connectivity index (χ0n) is 16.5. The quantitative estimate of drug-likeness (QED) is 0.604. The summed E-state index contributed by atoms with van der Waals surface area (Å²) in [7, 11) is 2.00. The highest BCUT2D eigenvalue weighted by molar-refractivity contribution is 5.81. The van der Waals surface area contributed by atoms with Crippen LogP contribution in [0.2, 0.25) is 0 Å². The first-order chi connectivity index (χ1) is 13.5. The maximum atomic E-state index is 14.7. The number of fused-ring (bicyclic) bond motifs is 1. The Kier molecular flexibility index (Phi) is 4.99. The van der Waals surface area contributed by atoms with E-state index in [4.69, 9.17) is 4.74 Å². The molecule has 1 aliphatic heterocycles. The van der Waals surface area contributed by atoms with Gasteiger partial charge < -0.3 is 19.9 Å². The molecule has 0 fully saturated rings. The molecule has 1 aromatic heterocycles. The highest BCUT2D eigenvalue weighted by Crippen LogP contribution is 2.30. The molecule has 2 aromatic carbocycles. The van der Waals surface area contributed by atoms with E-state index in [-0.39, 0.29) is 17.6 Å². The SMILES string of the molecule is CCC1CC(NC(C)c2ccc(Oc3ccc4c(ccn4C)c3)c(F)c2)=CN1. The first kappa shape index (κ1) is 18.4. The third-order valence-corrected chi connectivity index (χ3v) is 5.39. The number of aromatic nitrogens is 1. The van der Waals surface area contributed by atoms with Crippen LogP contribution < -0.4 is 15.4 Å². The Balaban J connectivity index is 1.46. The van der Waals surface area contributed by atoms with E-state index in [1.54, 1.807) is 12.1 Å². The molecule has 1 aliphatic rings. The average Bonchev–Trinajstić information content (AvgIpc) is 3.29. The summed E-state index contributed by atoms with van der Waals surface area (Å²) in [4.78, 5) is 0. The largest absolute Gasteiger partial charge is 0.454 e. The van der Waals surface area contributed by atoms with Gasteiger partial charge in [-0.05, 0) is 55.3 Å². The summed E-state index contributed by atoms with van der Waals surface area (Å²) in [6.07, 6.45) is 6.09. The molecule has 3 aromatic rings. The Hall–Kier alpha value is -2.95. The van der Waals surface area contributed by atoms with Crippen LogP contribution in [0, 0.1) is 5.82 Å². The zero-order valence-corrected chi connectivity index (χ0v) is 16.5. The van der Waals surface area contributed by atoms with E-state index in [2.05, 4.69) is 17.6 Å². The van der Waals surface area contributed by atoms with Gasteiger partial charge in [0.25, 0.3) is 0 Å². The van der Waals surface area contributed by atoms with Gasteiger partial charge in [-0.15, -0.1) is 0 Å². The van der Waals surface area contributed by atoms with Crippen LogP contribution in [-0.4, -0.2) is 10.6 Å². The summed E-state index contributed by atoms with van der Waals surface area (Å²) >= 11 is 0. The highest BCUT2D eigenvalue weighted by Gasteiger charge is 2.17. The molecule has 0 amide bonds. The molecular weight excluding hydrogens is 353 g/mol. The van der Waals surface area contributed by atoms with E-state index in [0.717, 1.165) is 35.0 Å². The Morgan fingerprint density at radius 3 is 2.86 bits per heavy atom. The van der Waals surface area contributed by atoms with Crippen LogP contribution in [0.1, 0.15) is 38.3 Å². The number of aryl methyl sites for hydroxylation is 1. The molecule has 2 heterocycles. The van der Waals surface area contributed by atoms with Gasteiger partial charge in [-0.3, -0.25) is 0 Å². The molecule has 28 heavy (non-hydrogen) atoms. The minimum absolute atomic E-state index is 0.0212. The molecule has 146 valence electrons. The van der Waals surface area contributed by atoms with Gasteiger partial charge in [0.1, 0.15) is 5.75 Å². The maximum absolute atomic E-state index is 14.7. The van der Waals surface area contributed by atoms with E-state index in [9.17, 15) is 4.39 Å². The molecule has 2 atom stereocenters. The smallest absolute Gasteiger partial charge is 0.166 e. The monoisotopic (exact) mass is 379 g/mol. The number of hydrogen-bond acceptors (Lipinski definition) is 3. The second kappa shape index (κ2) is 7.58. The highest BCUT2D eigenvalue weighted by atomic mass is 19.1. The summed E-state index contributed by atoms with van der Waals surface area (Å²) in [5, 5.41) is 7.89. The molecule has 2 unspecified atom stereocenters. The summed E-state index contributed by atoms with van der Waals surface area (Å²) in [6, 6.07) is 13.5.